The summed E-state index contributed by atoms with van der Waals surface area (Å²) in [6, 6.07) is 21.0. The second-order valence-electron chi connectivity index (χ2n) is 6.36. The number of benzene rings is 3. The molecule has 0 aliphatic heterocycles. The van der Waals surface area contributed by atoms with E-state index in [1.807, 2.05) is 0 Å². The first-order valence-corrected chi connectivity index (χ1v) is 8.95. The minimum atomic E-state index is -2.33. The molecule has 0 aliphatic carbocycles. The molecule has 0 aliphatic rings. The van der Waals surface area contributed by atoms with Gasteiger partial charge in [-0.2, -0.15) is 0 Å². The van der Waals surface area contributed by atoms with E-state index in [1.165, 1.54) is 26.4 Å². The van der Waals surface area contributed by atoms with Gasteiger partial charge in [-0.1, -0.05) is 30.3 Å². The molecule has 150 valence electrons. The maximum Gasteiger partial charge on any atom is 0.341 e. The first-order valence-electron chi connectivity index (χ1n) is 8.95. The molecule has 0 spiro atoms. The van der Waals surface area contributed by atoms with E-state index in [1.54, 1.807) is 66.7 Å². The van der Waals surface area contributed by atoms with Crippen LogP contribution in [0.2, 0.25) is 0 Å². The molecule has 0 saturated carbocycles. The van der Waals surface area contributed by atoms with E-state index in [4.69, 9.17) is 14.2 Å². The molecular formula is C23H22O6. The van der Waals surface area contributed by atoms with Gasteiger partial charge in [0.15, 0.2) is 0 Å². The van der Waals surface area contributed by atoms with Gasteiger partial charge in [-0.25, -0.2) is 4.79 Å². The van der Waals surface area contributed by atoms with E-state index in [0.717, 1.165) is 0 Å². The van der Waals surface area contributed by atoms with Crippen LogP contribution in [0.3, 0.4) is 0 Å². The highest BCUT2D eigenvalue weighted by Crippen LogP contribution is 2.38. The van der Waals surface area contributed by atoms with Gasteiger partial charge in [0.05, 0.1) is 19.8 Å². The SMILES string of the molecule is COc1ccc([C@H](O)[C@@](O)(OC(=O)c2ccccc2)c2ccc(OC)cc2)cc1. The van der Waals surface area contributed by atoms with Crippen molar-refractivity contribution in [3.63, 3.8) is 0 Å². The van der Waals surface area contributed by atoms with E-state index < -0.39 is 17.9 Å². The van der Waals surface area contributed by atoms with Gasteiger partial charge >= 0.3 is 5.97 Å². The third kappa shape index (κ3) is 4.39. The summed E-state index contributed by atoms with van der Waals surface area (Å²) in [4.78, 5) is 12.7. The summed E-state index contributed by atoms with van der Waals surface area (Å²) in [5.74, 6) is -1.94. The molecule has 0 heterocycles. The van der Waals surface area contributed by atoms with Crippen molar-refractivity contribution >= 4 is 5.97 Å². The summed E-state index contributed by atoms with van der Waals surface area (Å²) in [6.07, 6.45) is -1.55. The number of esters is 1. The van der Waals surface area contributed by atoms with Crippen molar-refractivity contribution < 1.29 is 29.2 Å². The standard InChI is InChI=1S/C23H22O6/c1-27-19-12-8-16(9-13-19)21(24)23(26,18-10-14-20(28-2)15-11-18)29-22(25)17-6-4-3-5-7-17/h3-15,21,24,26H,1-2H3/t21-,23-/m0/s1. The predicted molar refractivity (Wildman–Crippen MR) is 107 cm³/mol. The first-order chi connectivity index (χ1) is 14.0. The molecule has 0 unspecified atom stereocenters. The summed E-state index contributed by atoms with van der Waals surface area (Å²) in [7, 11) is 3.05. The Labute approximate surface area is 168 Å². The number of rotatable bonds is 7. The maximum absolute atomic E-state index is 12.7. The molecule has 2 N–H and O–H groups in total. The Bertz CT molecular complexity index is 937. The second kappa shape index (κ2) is 8.77. The Hall–Kier alpha value is -3.35. The van der Waals surface area contributed by atoms with Crippen molar-refractivity contribution in [1.82, 2.24) is 0 Å². The Balaban J connectivity index is 2.00. The van der Waals surface area contributed by atoms with Gasteiger partial charge < -0.3 is 24.4 Å². The van der Waals surface area contributed by atoms with Crippen LogP contribution >= 0.6 is 0 Å². The zero-order chi connectivity index (χ0) is 20.9. The van der Waals surface area contributed by atoms with Gasteiger partial charge in [0.2, 0.25) is 0 Å². The number of carbonyl (C=O) groups is 1. The summed E-state index contributed by atoms with van der Waals surface area (Å²) in [5.41, 5.74) is 0.803. The van der Waals surface area contributed by atoms with Gasteiger partial charge in [-0.3, -0.25) is 0 Å². The number of carbonyl (C=O) groups excluding carboxylic acids is 1. The number of aliphatic hydroxyl groups excluding tert-OH is 1. The highest BCUT2D eigenvalue weighted by atomic mass is 16.7. The summed E-state index contributed by atoms with van der Waals surface area (Å²) < 4.78 is 15.7. The van der Waals surface area contributed by atoms with Gasteiger partial charge in [0, 0.05) is 5.56 Å². The predicted octanol–water partition coefficient (Wildman–Crippen LogP) is 3.44. The lowest BCUT2D eigenvalue weighted by molar-refractivity contribution is -0.236. The van der Waals surface area contributed by atoms with E-state index in [0.29, 0.717) is 17.1 Å². The quantitative estimate of drug-likeness (QED) is 0.472. The molecule has 0 fully saturated rings. The molecule has 0 bridgehead atoms. The average Bonchev–Trinajstić information content (AvgIpc) is 2.79. The summed E-state index contributed by atoms with van der Waals surface area (Å²) >= 11 is 0. The Morgan fingerprint density at radius 3 is 1.86 bits per heavy atom. The highest BCUT2D eigenvalue weighted by Gasteiger charge is 2.43. The van der Waals surface area contributed by atoms with Crippen molar-refractivity contribution in [1.29, 1.82) is 0 Å². The molecule has 0 saturated heterocycles. The molecule has 3 rings (SSSR count). The molecule has 29 heavy (non-hydrogen) atoms. The van der Waals surface area contributed by atoms with Crippen LogP contribution in [-0.4, -0.2) is 30.4 Å². The van der Waals surface area contributed by atoms with Crippen molar-refractivity contribution in [2.45, 2.75) is 11.9 Å². The second-order valence-corrected chi connectivity index (χ2v) is 6.36. The molecule has 3 aromatic carbocycles. The van der Waals surface area contributed by atoms with Crippen LogP contribution in [0, 0.1) is 0 Å². The number of methoxy groups -OCH3 is 2. The van der Waals surface area contributed by atoms with Gasteiger partial charge in [-0.05, 0) is 54.1 Å². The minimum Gasteiger partial charge on any atom is -0.497 e. The zero-order valence-corrected chi connectivity index (χ0v) is 16.1. The molecule has 0 radical (unpaired) electrons. The van der Waals surface area contributed by atoms with Crippen molar-refractivity contribution in [2.24, 2.45) is 0 Å². The molecule has 2 atom stereocenters. The minimum absolute atomic E-state index is 0.200. The summed E-state index contributed by atoms with van der Waals surface area (Å²) in [6.45, 7) is 0. The average molecular weight is 394 g/mol. The number of hydrogen-bond donors (Lipinski definition) is 2. The fourth-order valence-corrected chi connectivity index (χ4v) is 2.89. The van der Waals surface area contributed by atoms with Crippen LogP contribution in [0.1, 0.15) is 27.6 Å². The molecular weight excluding hydrogens is 372 g/mol. The maximum atomic E-state index is 12.7. The highest BCUT2D eigenvalue weighted by molar-refractivity contribution is 5.89. The van der Waals surface area contributed by atoms with Gasteiger partial charge in [0.25, 0.3) is 5.79 Å². The van der Waals surface area contributed by atoms with E-state index in [-0.39, 0.29) is 11.1 Å². The number of hydrogen-bond acceptors (Lipinski definition) is 6. The Kier molecular flexibility index (Phi) is 6.16. The van der Waals surface area contributed by atoms with Gasteiger partial charge in [-0.15, -0.1) is 0 Å². The molecule has 6 nitrogen and oxygen atoms in total. The van der Waals surface area contributed by atoms with Crippen molar-refractivity contribution in [3.05, 3.63) is 95.6 Å². The van der Waals surface area contributed by atoms with Gasteiger partial charge in [0.1, 0.15) is 17.6 Å². The topological polar surface area (TPSA) is 85.2 Å². The van der Waals surface area contributed by atoms with Crippen molar-refractivity contribution in [2.75, 3.05) is 14.2 Å². The largest absolute Gasteiger partial charge is 0.497 e. The molecule has 3 aromatic rings. The van der Waals surface area contributed by atoms with Crippen LogP contribution in [0.25, 0.3) is 0 Å². The van der Waals surface area contributed by atoms with E-state index >= 15 is 0 Å². The van der Waals surface area contributed by atoms with Crippen LogP contribution in [0.15, 0.2) is 78.9 Å². The fourth-order valence-electron chi connectivity index (χ4n) is 2.89. The van der Waals surface area contributed by atoms with Crippen molar-refractivity contribution in [3.8, 4) is 11.5 Å². The number of ether oxygens (including phenoxy) is 3. The number of aliphatic hydroxyl groups is 2. The zero-order valence-electron chi connectivity index (χ0n) is 16.1. The molecule has 6 heteroatoms. The monoisotopic (exact) mass is 394 g/mol. The summed E-state index contributed by atoms with van der Waals surface area (Å²) in [5, 5.41) is 22.3. The van der Waals surface area contributed by atoms with Crippen LogP contribution in [-0.2, 0) is 10.5 Å². The van der Waals surface area contributed by atoms with E-state index in [2.05, 4.69) is 0 Å². The lowest BCUT2D eigenvalue weighted by Crippen LogP contribution is -2.38. The Morgan fingerprint density at radius 1 is 0.828 bits per heavy atom. The third-order valence-electron chi connectivity index (χ3n) is 4.56. The fraction of sp³-hybridized carbons (Fsp3) is 0.174. The smallest absolute Gasteiger partial charge is 0.341 e. The third-order valence-corrected chi connectivity index (χ3v) is 4.56. The van der Waals surface area contributed by atoms with Crippen LogP contribution in [0.5, 0.6) is 11.5 Å². The van der Waals surface area contributed by atoms with Crippen LogP contribution < -0.4 is 9.47 Å². The molecule has 0 amide bonds. The van der Waals surface area contributed by atoms with Crippen LogP contribution in [0.4, 0.5) is 0 Å². The normalized spacial score (nSPS) is 13.8. The first kappa shape index (κ1) is 20.4. The lowest BCUT2D eigenvalue weighted by Gasteiger charge is -2.33. The lowest BCUT2D eigenvalue weighted by atomic mass is 9.94. The molecule has 0 aromatic heterocycles. The van der Waals surface area contributed by atoms with E-state index in [9.17, 15) is 15.0 Å². The Morgan fingerprint density at radius 2 is 1.34 bits per heavy atom.